The van der Waals surface area contributed by atoms with E-state index in [1.807, 2.05) is 0 Å². The summed E-state index contributed by atoms with van der Waals surface area (Å²) in [5.41, 5.74) is 0. The molecular formula is C13H26O9. The molecule has 9 heteroatoms. The van der Waals surface area contributed by atoms with Gasteiger partial charge < -0.3 is 44.8 Å². The first-order valence-electron chi connectivity index (χ1n) is 7.18. The van der Waals surface area contributed by atoms with Crippen LogP contribution in [0.3, 0.4) is 0 Å². The molecule has 2 heterocycles. The van der Waals surface area contributed by atoms with Crippen molar-refractivity contribution in [1.82, 2.24) is 0 Å². The molecule has 0 amide bonds. The smallest absolute Gasteiger partial charge is 0.160 e. The van der Waals surface area contributed by atoms with E-state index in [-0.39, 0.29) is 19.6 Å². The fourth-order valence-electron chi connectivity index (χ4n) is 2.24. The fraction of sp³-hybridized carbons (Fsp3) is 1.00. The van der Waals surface area contributed by atoms with Crippen molar-refractivity contribution in [3.63, 3.8) is 0 Å². The summed E-state index contributed by atoms with van der Waals surface area (Å²) >= 11 is 0. The Labute approximate surface area is 128 Å². The molecule has 0 bridgehead atoms. The molecule has 0 spiro atoms. The minimum atomic E-state index is -1.03. The molecule has 0 aromatic carbocycles. The van der Waals surface area contributed by atoms with Gasteiger partial charge in [0.25, 0.3) is 0 Å². The molecule has 2 fully saturated rings. The number of hydrogen-bond acceptors (Lipinski definition) is 9. The molecule has 9 nitrogen and oxygen atoms in total. The van der Waals surface area contributed by atoms with Crippen LogP contribution in [-0.2, 0) is 14.2 Å². The minimum Gasteiger partial charge on any atom is -0.394 e. The van der Waals surface area contributed by atoms with Crippen LogP contribution in [0.1, 0.15) is 12.8 Å². The minimum absolute atomic E-state index is 0.230. The zero-order valence-electron chi connectivity index (χ0n) is 12.5. The zero-order valence-corrected chi connectivity index (χ0v) is 12.5. The average molecular weight is 326 g/mol. The van der Waals surface area contributed by atoms with Gasteiger partial charge in [-0.1, -0.05) is 0 Å². The highest BCUT2D eigenvalue weighted by Gasteiger charge is 2.36. The van der Waals surface area contributed by atoms with Crippen molar-refractivity contribution in [2.24, 2.45) is 0 Å². The predicted octanol–water partition coefficient (Wildman–Crippen LogP) is -3.05. The summed E-state index contributed by atoms with van der Waals surface area (Å²) in [6.07, 6.45) is -4.82. The number of rotatable bonds is 3. The van der Waals surface area contributed by atoms with Crippen LogP contribution in [0.2, 0.25) is 0 Å². The van der Waals surface area contributed by atoms with Gasteiger partial charge in [0.2, 0.25) is 0 Å². The van der Waals surface area contributed by atoms with Crippen molar-refractivity contribution in [3.8, 4) is 0 Å². The summed E-state index contributed by atoms with van der Waals surface area (Å²) in [5.74, 6) is 0. The van der Waals surface area contributed by atoms with Crippen molar-refractivity contribution in [1.29, 1.82) is 0 Å². The molecule has 0 aromatic heterocycles. The third-order valence-corrected chi connectivity index (χ3v) is 3.68. The van der Waals surface area contributed by atoms with Crippen LogP contribution in [0.25, 0.3) is 0 Å². The molecule has 0 saturated carbocycles. The Morgan fingerprint density at radius 2 is 1.55 bits per heavy atom. The maximum Gasteiger partial charge on any atom is 0.160 e. The second-order valence-corrected chi connectivity index (χ2v) is 5.25. The largest absolute Gasteiger partial charge is 0.394 e. The van der Waals surface area contributed by atoms with Gasteiger partial charge in [0.1, 0.15) is 24.4 Å². The second-order valence-electron chi connectivity index (χ2n) is 5.25. The Morgan fingerprint density at radius 1 is 0.955 bits per heavy atom. The van der Waals surface area contributed by atoms with E-state index in [0.29, 0.717) is 13.0 Å². The van der Waals surface area contributed by atoms with Crippen LogP contribution in [0.5, 0.6) is 0 Å². The van der Waals surface area contributed by atoms with Crippen molar-refractivity contribution in [2.75, 3.05) is 26.9 Å². The number of aliphatic hydroxyl groups is 6. The lowest BCUT2D eigenvalue weighted by molar-refractivity contribution is -0.248. The lowest BCUT2D eigenvalue weighted by atomic mass is 10.0. The van der Waals surface area contributed by atoms with Crippen LogP contribution in [0, 0.1) is 0 Å². The Kier molecular flexibility index (Phi) is 8.69. The summed E-state index contributed by atoms with van der Waals surface area (Å²) in [6, 6.07) is 0. The van der Waals surface area contributed by atoms with E-state index in [9.17, 15) is 10.2 Å². The van der Waals surface area contributed by atoms with Crippen LogP contribution < -0.4 is 0 Å². The highest BCUT2D eigenvalue weighted by Crippen LogP contribution is 2.20. The first kappa shape index (κ1) is 19.7. The zero-order chi connectivity index (χ0) is 16.7. The van der Waals surface area contributed by atoms with Crippen molar-refractivity contribution >= 4 is 0 Å². The predicted molar refractivity (Wildman–Crippen MR) is 72.8 cm³/mol. The van der Waals surface area contributed by atoms with E-state index in [1.54, 1.807) is 0 Å². The first-order valence-corrected chi connectivity index (χ1v) is 7.18. The van der Waals surface area contributed by atoms with Crippen molar-refractivity contribution in [3.05, 3.63) is 0 Å². The van der Waals surface area contributed by atoms with Crippen molar-refractivity contribution < 1.29 is 44.8 Å². The molecule has 2 saturated heterocycles. The molecule has 0 aromatic rings. The molecule has 22 heavy (non-hydrogen) atoms. The van der Waals surface area contributed by atoms with Crippen LogP contribution in [0.15, 0.2) is 0 Å². The third-order valence-electron chi connectivity index (χ3n) is 3.68. The summed E-state index contributed by atoms with van der Waals surface area (Å²) in [7, 11) is 1.45. The van der Waals surface area contributed by atoms with Gasteiger partial charge in [-0.2, -0.15) is 0 Å². The molecule has 7 atom stereocenters. The Bertz CT molecular complexity index is 303. The van der Waals surface area contributed by atoms with Crippen molar-refractivity contribution in [2.45, 2.75) is 55.8 Å². The van der Waals surface area contributed by atoms with Gasteiger partial charge in [-0.05, 0) is 6.42 Å². The molecule has 0 radical (unpaired) electrons. The van der Waals surface area contributed by atoms with E-state index >= 15 is 0 Å². The molecule has 5 unspecified atom stereocenters. The second kappa shape index (κ2) is 9.71. The van der Waals surface area contributed by atoms with Crippen LogP contribution in [0.4, 0.5) is 0 Å². The Morgan fingerprint density at radius 3 is 2.05 bits per heavy atom. The maximum absolute atomic E-state index is 9.26. The summed E-state index contributed by atoms with van der Waals surface area (Å²) < 4.78 is 14.9. The third kappa shape index (κ3) is 5.37. The van der Waals surface area contributed by atoms with Gasteiger partial charge in [-0.25, -0.2) is 0 Å². The Hall–Kier alpha value is -0.360. The van der Waals surface area contributed by atoms with E-state index < -0.39 is 42.9 Å². The number of hydrogen-bond donors (Lipinski definition) is 6. The lowest BCUT2D eigenvalue weighted by Gasteiger charge is -2.35. The summed E-state index contributed by atoms with van der Waals surface area (Å²) in [4.78, 5) is 0. The van der Waals surface area contributed by atoms with E-state index in [1.165, 1.54) is 7.11 Å². The van der Waals surface area contributed by atoms with Gasteiger partial charge in [-0.3, -0.25) is 0 Å². The normalized spacial score (nSPS) is 42.4. The standard InChI is InChI=1S/C7H14O5.C6H12O4/c1-11-6-2-4(9)7(10)5(3-8)12-6;7-3-5-6(9)4(8)1-2-10-5/h4-10H,2-3H2,1H3;4-9H,1-3H2/t4?,5?,6-,7-;/m0./s1. The summed E-state index contributed by atoms with van der Waals surface area (Å²) in [5, 5.41) is 54.0. The van der Waals surface area contributed by atoms with Gasteiger partial charge in [0.15, 0.2) is 6.29 Å². The summed E-state index contributed by atoms with van der Waals surface area (Å²) in [6.45, 7) is -0.153. The molecule has 2 aliphatic heterocycles. The van der Waals surface area contributed by atoms with Crippen LogP contribution >= 0.6 is 0 Å². The monoisotopic (exact) mass is 326 g/mol. The van der Waals surface area contributed by atoms with Gasteiger partial charge in [-0.15, -0.1) is 0 Å². The molecular weight excluding hydrogens is 300 g/mol. The first-order chi connectivity index (χ1) is 10.4. The van der Waals surface area contributed by atoms with E-state index in [4.69, 9.17) is 34.6 Å². The molecule has 2 aliphatic rings. The van der Waals surface area contributed by atoms with Gasteiger partial charge in [0, 0.05) is 20.1 Å². The number of methoxy groups -OCH3 is 1. The van der Waals surface area contributed by atoms with Gasteiger partial charge >= 0.3 is 0 Å². The number of ether oxygens (including phenoxy) is 3. The topological polar surface area (TPSA) is 149 Å². The lowest BCUT2D eigenvalue weighted by Crippen LogP contribution is -2.50. The fourth-order valence-corrected chi connectivity index (χ4v) is 2.24. The molecule has 6 N–H and O–H groups in total. The molecule has 132 valence electrons. The quantitative estimate of drug-likeness (QED) is 0.318. The Balaban J connectivity index is 0.000000224. The molecule has 2 rings (SSSR count). The average Bonchev–Trinajstić information content (AvgIpc) is 2.53. The highest BCUT2D eigenvalue weighted by atomic mass is 16.7. The highest BCUT2D eigenvalue weighted by molar-refractivity contribution is 4.82. The number of aliphatic hydroxyl groups excluding tert-OH is 6. The van der Waals surface area contributed by atoms with Gasteiger partial charge in [0.05, 0.1) is 25.4 Å². The maximum atomic E-state index is 9.26. The molecule has 0 aliphatic carbocycles. The van der Waals surface area contributed by atoms with Crippen LogP contribution in [-0.4, -0.2) is 100 Å². The SMILES string of the molecule is CO[C@@H]1CC(O)[C@H](O)C(CO)O1.OCC1OCCC(O)C1O. The van der Waals surface area contributed by atoms with E-state index in [2.05, 4.69) is 0 Å². The van der Waals surface area contributed by atoms with E-state index in [0.717, 1.165) is 0 Å².